The zero-order valence-corrected chi connectivity index (χ0v) is 11.8. The number of methoxy groups -OCH3 is 1. The average Bonchev–Trinajstić information content (AvgIpc) is 2.13. The third kappa shape index (κ3) is 3.68. The van der Waals surface area contributed by atoms with Crippen LogP contribution in [0.2, 0.25) is 0 Å². The van der Waals surface area contributed by atoms with Crippen LogP contribution in [0.5, 0.6) is 5.75 Å². The van der Waals surface area contributed by atoms with Crippen LogP contribution in [0, 0.1) is 5.82 Å². The summed E-state index contributed by atoms with van der Waals surface area (Å²) in [7, 11) is -2.20. The van der Waals surface area contributed by atoms with Crippen molar-refractivity contribution in [3.05, 3.63) is 23.5 Å². The molecule has 4 nitrogen and oxygen atoms in total. The SMILES string of the molecule is COc1cc(S(C)(=O)=O)c(F)cc1CC(C)(C)N. The minimum absolute atomic E-state index is 0.329. The van der Waals surface area contributed by atoms with E-state index in [-0.39, 0.29) is 4.90 Å². The Morgan fingerprint density at radius 1 is 1.39 bits per heavy atom. The van der Waals surface area contributed by atoms with E-state index in [2.05, 4.69) is 0 Å². The normalized spacial score (nSPS) is 12.6. The van der Waals surface area contributed by atoms with Gasteiger partial charge in [-0.15, -0.1) is 0 Å². The van der Waals surface area contributed by atoms with E-state index < -0.39 is 21.2 Å². The van der Waals surface area contributed by atoms with Crippen molar-refractivity contribution in [2.24, 2.45) is 5.73 Å². The number of hydrogen-bond acceptors (Lipinski definition) is 4. The Labute approximate surface area is 107 Å². The lowest BCUT2D eigenvalue weighted by atomic mass is 9.95. The van der Waals surface area contributed by atoms with Crippen LogP contribution in [-0.2, 0) is 16.3 Å². The predicted octanol–water partition coefficient (Wildman–Crippen LogP) is 1.52. The molecule has 1 rings (SSSR count). The van der Waals surface area contributed by atoms with Crippen LogP contribution in [0.15, 0.2) is 17.0 Å². The summed E-state index contributed by atoms with van der Waals surface area (Å²) in [4.78, 5) is -0.363. The molecule has 0 bridgehead atoms. The van der Waals surface area contributed by atoms with Crippen molar-refractivity contribution in [3.8, 4) is 5.75 Å². The summed E-state index contributed by atoms with van der Waals surface area (Å²) in [6.07, 6.45) is 1.34. The molecular formula is C12H18FNO3S. The molecule has 18 heavy (non-hydrogen) atoms. The number of ether oxygens (including phenoxy) is 1. The lowest BCUT2D eigenvalue weighted by Crippen LogP contribution is -2.34. The van der Waals surface area contributed by atoms with Gasteiger partial charge in [0, 0.05) is 17.9 Å². The van der Waals surface area contributed by atoms with Gasteiger partial charge in [0.2, 0.25) is 0 Å². The number of nitrogens with two attached hydrogens (primary N) is 1. The maximum absolute atomic E-state index is 13.8. The van der Waals surface area contributed by atoms with Crippen molar-refractivity contribution in [1.82, 2.24) is 0 Å². The summed E-state index contributed by atoms with van der Waals surface area (Å²) in [6.45, 7) is 3.60. The van der Waals surface area contributed by atoms with Gasteiger partial charge < -0.3 is 10.5 Å². The van der Waals surface area contributed by atoms with E-state index in [4.69, 9.17) is 10.5 Å². The predicted molar refractivity (Wildman–Crippen MR) is 68.0 cm³/mol. The maximum Gasteiger partial charge on any atom is 0.178 e. The lowest BCUT2D eigenvalue weighted by molar-refractivity contribution is 0.398. The fourth-order valence-electron chi connectivity index (χ4n) is 1.68. The smallest absolute Gasteiger partial charge is 0.178 e. The van der Waals surface area contributed by atoms with Gasteiger partial charge in [-0.1, -0.05) is 0 Å². The van der Waals surface area contributed by atoms with E-state index in [1.807, 2.05) is 0 Å². The first-order valence-corrected chi connectivity index (χ1v) is 7.29. The van der Waals surface area contributed by atoms with Crippen LogP contribution in [-0.4, -0.2) is 27.3 Å². The quantitative estimate of drug-likeness (QED) is 0.904. The summed E-state index contributed by atoms with van der Waals surface area (Å²) < 4.78 is 41.7. The van der Waals surface area contributed by atoms with Gasteiger partial charge in [-0.25, -0.2) is 12.8 Å². The fraction of sp³-hybridized carbons (Fsp3) is 0.500. The molecule has 0 fully saturated rings. The van der Waals surface area contributed by atoms with E-state index in [1.54, 1.807) is 13.8 Å². The number of rotatable bonds is 4. The summed E-state index contributed by atoms with van der Waals surface area (Å²) in [6, 6.07) is 2.37. The lowest BCUT2D eigenvalue weighted by Gasteiger charge is -2.20. The Kier molecular flexibility index (Phi) is 4.02. The highest BCUT2D eigenvalue weighted by molar-refractivity contribution is 7.90. The first-order chi connectivity index (χ1) is 8.04. The molecule has 0 radical (unpaired) electrons. The highest BCUT2D eigenvalue weighted by atomic mass is 32.2. The molecule has 0 saturated carbocycles. The second-order valence-corrected chi connectivity index (χ2v) is 7.02. The molecule has 2 N–H and O–H groups in total. The number of halogens is 1. The van der Waals surface area contributed by atoms with Crippen LogP contribution in [0.4, 0.5) is 4.39 Å². The summed E-state index contributed by atoms with van der Waals surface area (Å²) >= 11 is 0. The summed E-state index contributed by atoms with van der Waals surface area (Å²) in [5.41, 5.74) is 5.88. The molecule has 1 aromatic carbocycles. The molecule has 0 saturated heterocycles. The number of sulfone groups is 1. The van der Waals surface area contributed by atoms with E-state index in [9.17, 15) is 12.8 Å². The van der Waals surface area contributed by atoms with Gasteiger partial charge >= 0.3 is 0 Å². The Morgan fingerprint density at radius 2 is 1.94 bits per heavy atom. The molecule has 0 aromatic heterocycles. The van der Waals surface area contributed by atoms with Crippen LogP contribution >= 0.6 is 0 Å². The molecule has 1 aromatic rings. The number of benzene rings is 1. The third-order valence-corrected chi connectivity index (χ3v) is 3.49. The fourth-order valence-corrected chi connectivity index (χ4v) is 2.41. The zero-order chi connectivity index (χ0) is 14.1. The molecule has 0 aliphatic heterocycles. The van der Waals surface area contributed by atoms with Gasteiger partial charge in [-0.3, -0.25) is 0 Å². The first kappa shape index (κ1) is 14.9. The highest BCUT2D eigenvalue weighted by Crippen LogP contribution is 2.28. The molecule has 0 aliphatic carbocycles. The van der Waals surface area contributed by atoms with Crippen molar-refractivity contribution in [3.63, 3.8) is 0 Å². The van der Waals surface area contributed by atoms with Gasteiger partial charge in [0.15, 0.2) is 9.84 Å². The summed E-state index contributed by atoms with van der Waals surface area (Å²) in [5, 5.41) is 0. The third-order valence-electron chi connectivity index (χ3n) is 2.38. The van der Waals surface area contributed by atoms with Crippen molar-refractivity contribution >= 4 is 9.84 Å². The van der Waals surface area contributed by atoms with Gasteiger partial charge in [0.05, 0.1) is 7.11 Å². The molecular weight excluding hydrogens is 257 g/mol. The first-order valence-electron chi connectivity index (χ1n) is 5.40. The van der Waals surface area contributed by atoms with Crippen LogP contribution in [0.3, 0.4) is 0 Å². The monoisotopic (exact) mass is 275 g/mol. The van der Waals surface area contributed by atoms with E-state index in [1.165, 1.54) is 19.2 Å². The molecule has 0 amide bonds. The standard InChI is InChI=1S/C12H18FNO3S/c1-12(2,14)7-8-5-9(13)11(18(4,15)16)6-10(8)17-3/h5-6H,7,14H2,1-4H3. The van der Waals surface area contributed by atoms with Crippen LogP contribution in [0.25, 0.3) is 0 Å². The maximum atomic E-state index is 13.8. The Morgan fingerprint density at radius 3 is 2.33 bits per heavy atom. The van der Waals surface area contributed by atoms with E-state index >= 15 is 0 Å². The van der Waals surface area contributed by atoms with Gasteiger partial charge in [-0.05, 0) is 31.9 Å². The Hall–Kier alpha value is -1.14. The van der Waals surface area contributed by atoms with E-state index in [0.29, 0.717) is 17.7 Å². The molecule has 0 atom stereocenters. The molecule has 0 heterocycles. The average molecular weight is 275 g/mol. The van der Waals surface area contributed by atoms with Gasteiger partial charge in [0.25, 0.3) is 0 Å². The van der Waals surface area contributed by atoms with E-state index in [0.717, 1.165) is 6.26 Å². The van der Waals surface area contributed by atoms with Crippen molar-refractivity contribution < 1.29 is 17.5 Å². The minimum Gasteiger partial charge on any atom is -0.496 e. The van der Waals surface area contributed by atoms with Crippen LogP contribution < -0.4 is 10.5 Å². The minimum atomic E-state index is -3.61. The number of hydrogen-bond donors (Lipinski definition) is 1. The van der Waals surface area contributed by atoms with Gasteiger partial charge in [0.1, 0.15) is 16.5 Å². The van der Waals surface area contributed by atoms with Crippen LogP contribution in [0.1, 0.15) is 19.4 Å². The molecule has 0 spiro atoms. The second-order valence-electron chi connectivity index (χ2n) is 5.03. The topological polar surface area (TPSA) is 69.4 Å². The summed E-state index contributed by atoms with van der Waals surface area (Å²) in [5.74, 6) is -0.451. The second kappa shape index (κ2) is 4.85. The van der Waals surface area contributed by atoms with Crippen molar-refractivity contribution in [2.45, 2.75) is 30.7 Å². The zero-order valence-electron chi connectivity index (χ0n) is 11.0. The Balaban J connectivity index is 3.37. The molecule has 0 unspecified atom stereocenters. The van der Waals surface area contributed by atoms with Crippen molar-refractivity contribution in [2.75, 3.05) is 13.4 Å². The largest absolute Gasteiger partial charge is 0.496 e. The molecule has 0 aliphatic rings. The Bertz CT molecular complexity index is 547. The highest BCUT2D eigenvalue weighted by Gasteiger charge is 2.21. The molecule has 6 heteroatoms. The van der Waals surface area contributed by atoms with Crippen molar-refractivity contribution in [1.29, 1.82) is 0 Å². The van der Waals surface area contributed by atoms with Gasteiger partial charge in [-0.2, -0.15) is 0 Å². The molecule has 102 valence electrons.